The molecule has 0 aliphatic carbocycles. The third-order valence-electron chi connectivity index (χ3n) is 4.54. The van der Waals surface area contributed by atoms with Crippen LogP contribution in [0.2, 0.25) is 19.6 Å². The maximum absolute atomic E-state index is 12.2. The zero-order valence-corrected chi connectivity index (χ0v) is 16.6. The summed E-state index contributed by atoms with van der Waals surface area (Å²) in [6, 6.07) is 0. The van der Waals surface area contributed by atoms with E-state index in [0.717, 1.165) is 19.3 Å². The Labute approximate surface area is 138 Å². The van der Waals surface area contributed by atoms with E-state index in [1.807, 2.05) is 0 Å². The molecular formula is C19H36O2Si. The van der Waals surface area contributed by atoms with Crippen molar-refractivity contribution in [1.29, 1.82) is 0 Å². The van der Waals surface area contributed by atoms with Crippen LogP contribution in [0.15, 0.2) is 11.3 Å². The summed E-state index contributed by atoms with van der Waals surface area (Å²) in [5.74, 6) is 0.873. The van der Waals surface area contributed by atoms with Gasteiger partial charge in [0.25, 0.3) is 0 Å². The van der Waals surface area contributed by atoms with Crippen LogP contribution in [0.5, 0.6) is 0 Å². The second-order valence-corrected chi connectivity index (χ2v) is 13.1. The molecule has 0 saturated carbocycles. The highest BCUT2D eigenvalue weighted by atomic mass is 28.3. The summed E-state index contributed by atoms with van der Waals surface area (Å²) in [5.41, 5.74) is 4.05. The van der Waals surface area contributed by atoms with E-state index >= 15 is 0 Å². The maximum atomic E-state index is 12.2. The summed E-state index contributed by atoms with van der Waals surface area (Å²) in [7, 11) is -1.22. The van der Waals surface area contributed by atoms with Crippen LogP contribution in [0.1, 0.15) is 65.7 Å². The summed E-state index contributed by atoms with van der Waals surface area (Å²) in [6.07, 6.45) is 7.32. The van der Waals surface area contributed by atoms with Crippen LogP contribution in [0, 0.1) is 5.92 Å². The van der Waals surface area contributed by atoms with Crippen LogP contribution in [0.25, 0.3) is 0 Å². The van der Waals surface area contributed by atoms with Gasteiger partial charge in [-0.25, -0.2) is 0 Å². The Kier molecular flexibility index (Phi) is 8.05. The average Bonchev–Trinajstić information content (AvgIpc) is 2.39. The van der Waals surface area contributed by atoms with Gasteiger partial charge in [0, 0.05) is 18.8 Å². The quantitative estimate of drug-likeness (QED) is 0.433. The van der Waals surface area contributed by atoms with E-state index in [1.165, 1.54) is 24.8 Å². The lowest BCUT2D eigenvalue weighted by Gasteiger charge is -2.36. The van der Waals surface area contributed by atoms with Gasteiger partial charge in [-0.1, -0.05) is 64.0 Å². The number of carbonyl (C=O) groups excluding carboxylic acids is 1. The lowest BCUT2D eigenvalue weighted by atomic mass is 9.88. The van der Waals surface area contributed by atoms with Crippen molar-refractivity contribution in [2.45, 2.75) is 97.6 Å². The van der Waals surface area contributed by atoms with Gasteiger partial charge in [0.05, 0.1) is 20.3 Å². The highest BCUT2D eigenvalue weighted by molar-refractivity contribution is 6.81. The molecule has 0 aromatic rings. The highest BCUT2D eigenvalue weighted by Crippen LogP contribution is 2.32. The SMILES string of the molecule is CCCCCCC(=O)C[C@@H]1C/C(=C\[Si](C)(C)C)[C@H](C)[C@H](C)O1. The van der Waals surface area contributed by atoms with Crippen LogP contribution in [-0.2, 0) is 9.53 Å². The van der Waals surface area contributed by atoms with Crippen molar-refractivity contribution in [3.8, 4) is 0 Å². The molecule has 0 bridgehead atoms. The fraction of sp³-hybridized carbons (Fsp3) is 0.842. The zero-order valence-electron chi connectivity index (χ0n) is 15.6. The molecule has 1 heterocycles. The maximum Gasteiger partial charge on any atom is 0.135 e. The molecule has 0 spiro atoms. The fourth-order valence-corrected chi connectivity index (χ4v) is 4.68. The van der Waals surface area contributed by atoms with Crippen molar-refractivity contribution in [2.75, 3.05) is 0 Å². The first-order valence-electron chi connectivity index (χ1n) is 9.11. The predicted octanol–water partition coefficient (Wildman–Crippen LogP) is 5.53. The van der Waals surface area contributed by atoms with E-state index in [2.05, 4.69) is 46.1 Å². The van der Waals surface area contributed by atoms with Gasteiger partial charge in [0.2, 0.25) is 0 Å². The Morgan fingerprint density at radius 1 is 1.23 bits per heavy atom. The van der Waals surface area contributed by atoms with Crippen LogP contribution in [-0.4, -0.2) is 26.1 Å². The molecule has 1 fully saturated rings. The summed E-state index contributed by atoms with van der Waals surface area (Å²) in [5, 5.41) is 0. The fourth-order valence-electron chi connectivity index (χ4n) is 3.19. The summed E-state index contributed by atoms with van der Waals surface area (Å²) < 4.78 is 6.10. The molecule has 3 atom stereocenters. The van der Waals surface area contributed by atoms with Crippen LogP contribution >= 0.6 is 0 Å². The van der Waals surface area contributed by atoms with E-state index in [1.54, 1.807) is 0 Å². The molecule has 1 rings (SSSR count). The molecule has 0 aromatic carbocycles. The van der Waals surface area contributed by atoms with Crippen LogP contribution < -0.4 is 0 Å². The van der Waals surface area contributed by atoms with Crippen molar-refractivity contribution in [2.24, 2.45) is 5.92 Å². The molecule has 2 nitrogen and oxygen atoms in total. The lowest BCUT2D eigenvalue weighted by molar-refractivity contribution is -0.124. The molecule has 22 heavy (non-hydrogen) atoms. The van der Waals surface area contributed by atoms with Crippen molar-refractivity contribution < 1.29 is 9.53 Å². The molecule has 1 aliphatic rings. The van der Waals surface area contributed by atoms with E-state index in [-0.39, 0.29) is 12.2 Å². The summed E-state index contributed by atoms with van der Waals surface area (Å²) >= 11 is 0. The number of ketones is 1. The molecular weight excluding hydrogens is 288 g/mol. The topological polar surface area (TPSA) is 26.3 Å². The first-order chi connectivity index (χ1) is 10.2. The minimum absolute atomic E-state index is 0.104. The molecule has 0 aromatic heterocycles. The van der Waals surface area contributed by atoms with Gasteiger partial charge < -0.3 is 4.74 Å². The molecule has 0 radical (unpaired) electrons. The summed E-state index contributed by atoms with van der Waals surface area (Å²) in [6.45, 7) is 13.7. The van der Waals surface area contributed by atoms with Crippen molar-refractivity contribution >= 4 is 13.9 Å². The van der Waals surface area contributed by atoms with Crippen molar-refractivity contribution in [3.63, 3.8) is 0 Å². The third kappa shape index (κ3) is 7.23. The summed E-state index contributed by atoms with van der Waals surface area (Å²) in [4.78, 5) is 12.2. The minimum atomic E-state index is -1.22. The van der Waals surface area contributed by atoms with Crippen molar-refractivity contribution in [3.05, 3.63) is 11.3 Å². The predicted molar refractivity (Wildman–Crippen MR) is 97.9 cm³/mol. The number of rotatable bonds is 8. The zero-order chi connectivity index (χ0) is 16.8. The molecule has 128 valence electrons. The molecule has 1 saturated heterocycles. The number of carbonyl (C=O) groups is 1. The van der Waals surface area contributed by atoms with Crippen LogP contribution in [0.3, 0.4) is 0 Å². The second-order valence-electron chi connectivity index (χ2n) is 8.09. The Morgan fingerprint density at radius 3 is 2.50 bits per heavy atom. The highest BCUT2D eigenvalue weighted by Gasteiger charge is 2.31. The lowest BCUT2D eigenvalue weighted by Crippen LogP contribution is -2.36. The van der Waals surface area contributed by atoms with E-state index in [4.69, 9.17) is 4.74 Å². The van der Waals surface area contributed by atoms with Gasteiger partial charge in [0.15, 0.2) is 0 Å². The number of hydrogen-bond donors (Lipinski definition) is 0. The number of ether oxygens (including phenoxy) is 1. The van der Waals surface area contributed by atoms with E-state index in [0.29, 0.717) is 18.1 Å². The molecule has 0 unspecified atom stereocenters. The Balaban J connectivity index is 2.54. The monoisotopic (exact) mass is 324 g/mol. The molecule has 0 N–H and O–H groups in total. The number of hydrogen-bond acceptors (Lipinski definition) is 2. The van der Waals surface area contributed by atoms with E-state index in [9.17, 15) is 4.79 Å². The molecule has 0 amide bonds. The number of unbranched alkanes of at least 4 members (excludes halogenated alkanes) is 3. The number of Topliss-reactive ketones (excluding diaryl/α,β-unsaturated/α-hetero) is 1. The van der Waals surface area contributed by atoms with Gasteiger partial charge in [0.1, 0.15) is 5.78 Å². The van der Waals surface area contributed by atoms with Gasteiger partial charge in [-0.3, -0.25) is 4.79 Å². The standard InChI is InChI=1S/C19H36O2Si/c1-7-8-9-10-11-18(20)13-19-12-17(14-22(4,5)6)15(2)16(3)21-19/h14-16,19H,7-13H2,1-6H3/b17-14+/t15-,16+,19+/m1/s1. The Bertz CT molecular complexity index is 381. The van der Waals surface area contributed by atoms with Crippen LogP contribution in [0.4, 0.5) is 0 Å². The van der Waals surface area contributed by atoms with Gasteiger partial charge in [-0.05, 0) is 19.8 Å². The smallest absolute Gasteiger partial charge is 0.135 e. The third-order valence-corrected chi connectivity index (χ3v) is 5.78. The van der Waals surface area contributed by atoms with Crippen molar-refractivity contribution in [1.82, 2.24) is 0 Å². The Hall–Kier alpha value is -0.413. The molecule has 3 heteroatoms. The van der Waals surface area contributed by atoms with Gasteiger partial charge >= 0.3 is 0 Å². The first-order valence-corrected chi connectivity index (χ1v) is 12.7. The first kappa shape index (κ1) is 19.6. The van der Waals surface area contributed by atoms with Gasteiger partial charge in [-0.15, -0.1) is 0 Å². The Morgan fingerprint density at radius 2 is 1.91 bits per heavy atom. The second kappa shape index (κ2) is 9.02. The van der Waals surface area contributed by atoms with E-state index < -0.39 is 8.07 Å². The largest absolute Gasteiger partial charge is 0.374 e. The average molecular weight is 325 g/mol. The normalized spacial score (nSPS) is 28.1. The molecule has 1 aliphatic heterocycles. The minimum Gasteiger partial charge on any atom is -0.374 e. The van der Waals surface area contributed by atoms with Gasteiger partial charge in [-0.2, -0.15) is 0 Å².